The van der Waals surface area contributed by atoms with Crippen LogP contribution in [-0.4, -0.2) is 5.91 Å². The molecule has 0 saturated carbocycles. The fourth-order valence-corrected chi connectivity index (χ4v) is 3.14. The third kappa shape index (κ3) is 4.56. The Morgan fingerprint density at radius 1 is 1.00 bits per heavy atom. The Hall–Kier alpha value is -2.35. The molecule has 0 bridgehead atoms. The molecule has 0 aliphatic heterocycles. The van der Waals surface area contributed by atoms with Gasteiger partial charge in [-0.25, -0.2) is 0 Å². The zero-order valence-corrected chi connectivity index (χ0v) is 13.4. The van der Waals surface area contributed by atoms with E-state index in [1.165, 1.54) is 11.1 Å². The van der Waals surface area contributed by atoms with E-state index in [1.54, 1.807) is 0 Å². The monoisotopic (exact) mass is 305 g/mol. The third-order valence-electron chi connectivity index (χ3n) is 4.50. The van der Waals surface area contributed by atoms with Gasteiger partial charge in [-0.3, -0.25) is 4.79 Å². The lowest BCUT2D eigenvalue weighted by atomic mass is 9.84. The zero-order valence-electron chi connectivity index (χ0n) is 13.4. The molecule has 0 radical (unpaired) electrons. The molecule has 1 aliphatic rings. The molecule has 1 atom stereocenters. The summed E-state index contributed by atoms with van der Waals surface area (Å²) < 4.78 is 0. The summed E-state index contributed by atoms with van der Waals surface area (Å²) >= 11 is 0. The highest BCUT2D eigenvalue weighted by atomic mass is 16.1. The summed E-state index contributed by atoms with van der Waals surface area (Å²) in [5, 5.41) is 3.01. The number of carbonyl (C=O) groups is 1. The molecule has 1 aliphatic carbocycles. The number of nitrogens with one attached hydrogen (secondary N) is 1. The molecule has 0 saturated heterocycles. The topological polar surface area (TPSA) is 29.1 Å². The van der Waals surface area contributed by atoms with E-state index in [9.17, 15) is 4.79 Å². The smallest absolute Gasteiger partial charge is 0.224 e. The molecule has 2 nitrogen and oxygen atoms in total. The van der Waals surface area contributed by atoms with E-state index in [0.717, 1.165) is 24.8 Å². The molecule has 118 valence electrons. The van der Waals surface area contributed by atoms with Gasteiger partial charge in [-0.1, -0.05) is 72.3 Å². The van der Waals surface area contributed by atoms with E-state index in [-0.39, 0.29) is 5.91 Å². The van der Waals surface area contributed by atoms with Crippen LogP contribution >= 0.6 is 0 Å². The van der Waals surface area contributed by atoms with Gasteiger partial charge in [-0.2, -0.15) is 0 Å². The largest absolute Gasteiger partial charge is 0.352 e. The van der Waals surface area contributed by atoms with Gasteiger partial charge in [0.15, 0.2) is 0 Å². The number of allylic oxidation sites excluding steroid dienone is 1. The maximum Gasteiger partial charge on any atom is 0.224 e. The molecule has 0 fully saturated rings. The van der Waals surface area contributed by atoms with Crippen molar-refractivity contribution in [2.45, 2.75) is 38.1 Å². The molecule has 1 amide bonds. The lowest BCUT2D eigenvalue weighted by Crippen LogP contribution is -2.23. The van der Waals surface area contributed by atoms with Crippen LogP contribution in [0.2, 0.25) is 0 Å². The minimum absolute atomic E-state index is 0.123. The molecule has 3 rings (SSSR count). The lowest BCUT2D eigenvalue weighted by Gasteiger charge is -2.22. The van der Waals surface area contributed by atoms with Crippen molar-refractivity contribution in [3.05, 3.63) is 83.4 Å². The first-order valence-corrected chi connectivity index (χ1v) is 8.35. The summed E-state index contributed by atoms with van der Waals surface area (Å²) in [5.41, 5.74) is 3.83. The molecule has 2 aromatic rings. The Balaban J connectivity index is 1.47. The molecule has 2 aromatic carbocycles. The first kappa shape index (κ1) is 15.5. The van der Waals surface area contributed by atoms with Gasteiger partial charge < -0.3 is 5.32 Å². The van der Waals surface area contributed by atoms with Crippen LogP contribution in [0.15, 0.2) is 72.3 Å². The van der Waals surface area contributed by atoms with Crippen molar-refractivity contribution < 1.29 is 4.79 Å². The summed E-state index contributed by atoms with van der Waals surface area (Å²) in [7, 11) is 0. The van der Waals surface area contributed by atoms with Crippen molar-refractivity contribution in [1.82, 2.24) is 5.32 Å². The highest BCUT2D eigenvalue weighted by molar-refractivity contribution is 5.78. The van der Waals surface area contributed by atoms with E-state index in [0.29, 0.717) is 18.9 Å². The minimum atomic E-state index is 0.123. The molecule has 0 heterocycles. The van der Waals surface area contributed by atoms with Gasteiger partial charge in [0.1, 0.15) is 0 Å². The molecule has 1 N–H and O–H groups in total. The predicted octanol–water partition coefficient (Wildman–Crippen LogP) is 4.59. The van der Waals surface area contributed by atoms with Crippen molar-refractivity contribution >= 4 is 5.91 Å². The molecule has 0 aromatic heterocycles. The van der Waals surface area contributed by atoms with Gasteiger partial charge in [-0.05, 0) is 36.3 Å². The first-order valence-electron chi connectivity index (χ1n) is 8.35. The van der Waals surface area contributed by atoms with Crippen LogP contribution in [0.5, 0.6) is 0 Å². The predicted molar refractivity (Wildman–Crippen MR) is 94.0 cm³/mol. The summed E-state index contributed by atoms with van der Waals surface area (Å²) in [5.74, 6) is 0.727. The summed E-state index contributed by atoms with van der Waals surface area (Å²) in [6, 6.07) is 20.7. The number of carbonyl (C=O) groups excluding carboxylic acids is 1. The fourth-order valence-electron chi connectivity index (χ4n) is 3.14. The highest BCUT2D eigenvalue weighted by Gasteiger charge is 2.17. The number of hydrogen-bond donors (Lipinski definition) is 1. The van der Waals surface area contributed by atoms with Gasteiger partial charge in [0.2, 0.25) is 5.91 Å². The fraction of sp³-hybridized carbons (Fsp3) is 0.286. The van der Waals surface area contributed by atoms with Crippen LogP contribution in [0.3, 0.4) is 0 Å². The van der Waals surface area contributed by atoms with E-state index in [4.69, 9.17) is 0 Å². The summed E-state index contributed by atoms with van der Waals surface area (Å²) in [6.07, 6.45) is 6.02. The van der Waals surface area contributed by atoms with Crippen LogP contribution in [0.4, 0.5) is 0 Å². The van der Waals surface area contributed by atoms with Crippen molar-refractivity contribution in [3.8, 4) is 0 Å². The minimum Gasteiger partial charge on any atom is -0.352 e. The Morgan fingerprint density at radius 3 is 2.35 bits per heavy atom. The van der Waals surface area contributed by atoms with Crippen LogP contribution in [0, 0.1) is 0 Å². The molecule has 2 heteroatoms. The van der Waals surface area contributed by atoms with E-state index in [2.05, 4.69) is 41.7 Å². The Morgan fingerprint density at radius 2 is 1.70 bits per heavy atom. The van der Waals surface area contributed by atoms with Crippen LogP contribution in [0.1, 0.15) is 42.7 Å². The van der Waals surface area contributed by atoms with Gasteiger partial charge in [0.25, 0.3) is 0 Å². The standard InChI is InChI=1S/C21H23NO/c23-21(22-16-18-7-3-1-4-8-18)15-17-11-13-20(14-12-17)19-9-5-2-6-10-19/h1-11,20H,12-16H2,(H,22,23). The van der Waals surface area contributed by atoms with E-state index < -0.39 is 0 Å². The number of rotatable bonds is 5. The zero-order chi connectivity index (χ0) is 15.9. The molecule has 1 unspecified atom stereocenters. The maximum atomic E-state index is 12.1. The first-order chi connectivity index (χ1) is 11.3. The normalized spacial score (nSPS) is 17.4. The van der Waals surface area contributed by atoms with E-state index in [1.807, 2.05) is 30.3 Å². The molecular formula is C21H23NO. The summed E-state index contributed by atoms with van der Waals surface area (Å²) in [4.78, 5) is 12.1. The SMILES string of the molecule is O=C(CC1=CCC(c2ccccc2)CC1)NCc1ccccc1. The third-order valence-corrected chi connectivity index (χ3v) is 4.50. The van der Waals surface area contributed by atoms with Gasteiger partial charge >= 0.3 is 0 Å². The second-order valence-electron chi connectivity index (χ2n) is 6.18. The highest BCUT2D eigenvalue weighted by Crippen LogP contribution is 2.32. The Kier molecular flexibility index (Phi) is 5.25. The van der Waals surface area contributed by atoms with Gasteiger partial charge in [0, 0.05) is 13.0 Å². The van der Waals surface area contributed by atoms with Gasteiger partial charge in [0.05, 0.1) is 0 Å². The van der Waals surface area contributed by atoms with Gasteiger partial charge in [-0.15, -0.1) is 0 Å². The second kappa shape index (κ2) is 7.77. The number of amides is 1. The van der Waals surface area contributed by atoms with Crippen molar-refractivity contribution in [2.75, 3.05) is 0 Å². The Bertz CT molecular complexity index is 661. The van der Waals surface area contributed by atoms with Crippen molar-refractivity contribution in [3.63, 3.8) is 0 Å². The second-order valence-corrected chi connectivity index (χ2v) is 6.18. The van der Waals surface area contributed by atoms with Crippen molar-refractivity contribution in [1.29, 1.82) is 0 Å². The maximum absolute atomic E-state index is 12.1. The van der Waals surface area contributed by atoms with Crippen LogP contribution in [-0.2, 0) is 11.3 Å². The summed E-state index contributed by atoms with van der Waals surface area (Å²) in [6.45, 7) is 0.611. The number of hydrogen-bond acceptors (Lipinski definition) is 1. The van der Waals surface area contributed by atoms with Crippen molar-refractivity contribution in [2.24, 2.45) is 0 Å². The lowest BCUT2D eigenvalue weighted by molar-refractivity contribution is -0.120. The van der Waals surface area contributed by atoms with Crippen LogP contribution < -0.4 is 5.32 Å². The quantitative estimate of drug-likeness (QED) is 0.804. The molecule has 0 spiro atoms. The van der Waals surface area contributed by atoms with Crippen LogP contribution in [0.25, 0.3) is 0 Å². The molecular weight excluding hydrogens is 282 g/mol. The average Bonchev–Trinajstić information content (AvgIpc) is 2.62. The average molecular weight is 305 g/mol. The Labute approximate surface area is 138 Å². The van der Waals surface area contributed by atoms with E-state index >= 15 is 0 Å². The molecule has 23 heavy (non-hydrogen) atoms. The number of benzene rings is 2.